The molecule has 0 aliphatic carbocycles. The third-order valence-corrected chi connectivity index (χ3v) is 5.39. The molecule has 1 heterocycles. The van der Waals surface area contributed by atoms with Gasteiger partial charge in [-0.3, -0.25) is 14.8 Å². The zero-order valence-electron chi connectivity index (χ0n) is 17.9. The quantitative estimate of drug-likeness (QED) is 0.543. The van der Waals surface area contributed by atoms with Crippen LogP contribution < -0.4 is 10.6 Å². The number of nitrogens with one attached hydrogen (secondary N) is 2. The summed E-state index contributed by atoms with van der Waals surface area (Å²) >= 11 is 0. The van der Waals surface area contributed by atoms with Crippen molar-refractivity contribution in [1.82, 2.24) is 20.4 Å². The number of guanidine groups is 1. The molecule has 0 amide bonds. The van der Waals surface area contributed by atoms with Crippen LogP contribution in [0.4, 0.5) is 0 Å². The monoisotopic (exact) mass is 373 g/mol. The van der Waals surface area contributed by atoms with E-state index in [9.17, 15) is 0 Å². The molecule has 0 bridgehead atoms. The summed E-state index contributed by atoms with van der Waals surface area (Å²) in [5, 5.41) is 7.11. The summed E-state index contributed by atoms with van der Waals surface area (Å²) in [6, 6.07) is 12.4. The van der Waals surface area contributed by atoms with E-state index < -0.39 is 0 Å². The highest BCUT2D eigenvalue weighted by Gasteiger charge is 2.20. The minimum absolute atomic E-state index is 0.509. The molecule has 1 aliphatic rings. The fourth-order valence-electron chi connectivity index (χ4n) is 3.88. The zero-order valence-corrected chi connectivity index (χ0v) is 17.9. The number of hydrogen-bond acceptors (Lipinski definition) is 3. The first-order valence-corrected chi connectivity index (χ1v) is 10.5. The van der Waals surface area contributed by atoms with Crippen LogP contribution in [0.25, 0.3) is 0 Å². The fourth-order valence-corrected chi connectivity index (χ4v) is 3.88. The van der Waals surface area contributed by atoms with Crippen molar-refractivity contribution < 1.29 is 0 Å². The Labute approximate surface area is 166 Å². The summed E-state index contributed by atoms with van der Waals surface area (Å²) in [4.78, 5) is 9.47. The van der Waals surface area contributed by atoms with Crippen molar-refractivity contribution in [1.29, 1.82) is 0 Å². The van der Waals surface area contributed by atoms with Crippen molar-refractivity contribution in [2.45, 2.75) is 65.2 Å². The number of rotatable bonds is 8. The number of piperidine rings is 1. The van der Waals surface area contributed by atoms with Crippen molar-refractivity contribution in [3.8, 4) is 0 Å². The molecular weight excluding hydrogens is 334 g/mol. The Morgan fingerprint density at radius 3 is 2.30 bits per heavy atom. The summed E-state index contributed by atoms with van der Waals surface area (Å²) in [7, 11) is 1.86. The summed E-state index contributed by atoms with van der Waals surface area (Å²) in [5.74, 6) is 0.934. The highest BCUT2D eigenvalue weighted by molar-refractivity contribution is 5.79. The lowest BCUT2D eigenvalue weighted by atomic mass is 10.0. The zero-order chi connectivity index (χ0) is 19.6. The van der Waals surface area contributed by atoms with E-state index in [0.29, 0.717) is 18.1 Å². The van der Waals surface area contributed by atoms with Gasteiger partial charge in [0.2, 0.25) is 0 Å². The first kappa shape index (κ1) is 21.7. The maximum absolute atomic E-state index is 4.42. The summed E-state index contributed by atoms with van der Waals surface area (Å²) < 4.78 is 0. The molecule has 0 spiro atoms. The first-order chi connectivity index (χ1) is 13.0. The van der Waals surface area contributed by atoms with Crippen LogP contribution in [0.1, 0.15) is 46.1 Å². The molecule has 5 heteroatoms. The number of nitrogens with zero attached hydrogens (tertiary/aromatic N) is 3. The molecule has 5 nitrogen and oxygen atoms in total. The van der Waals surface area contributed by atoms with E-state index in [4.69, 9.17) is 0 Å². The van der Waals surface area contributed by atoms with E-state index in [1.807, 2.05) is 7.05 Å². The number of benzene rings is 1. The van der Waals surface area contributed by atoms with Gasteiger partial charge in [0.1, 0.15) is 0 Å². The van der Waals surface area contributed by atoms with Gasteiger partial charge >= 0.3 is 0 Å². The van der Waals surface area contributed by atoms with Gasteiger partial charge in [-0.05, 0) is 46.1 Å². The third-order valence-electron chi connectivity index (χ3n) is 5.39. The molecule has 0 atom stereocenters. The lowest BCUT2D eigenvalue weighted by molar-refractivity contribution is 0.178. The Morgan fingerprint density at radius 2 is 1.74 bits per heavy atom. The number of hydrogen-bond donors (Lipinski definition) is 2. The molecule has 1 saturated heterocycles. The predicted octanol–water partition coefficient (Wildman–Crippen LogP) is 2.93. The van der Waals surface area contributed by atoms with E-state index in [2.05, 4.69) is 83.5 Å². The van der Waals surface area contributed by atoms with Crippen molar-refractivity contribution >= 4 is 5.96 Å². The molecule has 1 aromatic rings. The average molecular weight is 374 g/mol. The van der Waals surface area contributed by atoms with Crippen LogP contribution in [0, 0.1) is 0 Å². The summed E-state index contributed by atoms with van der Waals surface area (Å²) in [6.45, 7) is 14.3. The lowest BCUT2D eigenvalue weighted by Gasteiger charge is -2.33. The maximum atomic E-state index is 4.42. The number of aliphatic imine (C=N–C) groups is 1. The van der Waals surface area contributed by atoms with Crippen LogP contribution in [0.15, 0.2) is 35.3 Å². The van der Waals surface area contributed by atoms with E-state index in [1.165, 1.54) is 5.56 Å². The lowest BCUT2D eigenvalue weighted by Crippen LogP contribution is -2.50. The molecule has 0 radical (unpaired) electrons. The molecular formula is C22H39N5. The molecule has 27 heavy (non-hydrogen) atoms. The van der Waals surface area contributed by atoms with Crippen LogP contribution in [0.2, 0.25) is 0 Å². The van der Waals surface area contributed by atoms with Crippen molar-refractivity contribution in [3.05, 3.63) is 35.9 Å². The van der Waals surface area contributed by atoms with Crippen LogP contribution in [-0.4, -0.2) is 67.1 Å². The van der Waals surface area contributed by atoms with Gasteiger partial charge in [-0.2, -0.15) is 0 Å². The second-order valence-electron chi connectivity index (χ2n) is 8.10. The normalized spacial score (nSPS) is 17.1. The Hall–Kier alpha value is -1.59. The van der Waals surface area contributed by atoms with Gasteiger partial charge in [0.15, 0.2) is 5.96 Å². The smallest absolute Gasteiger partial charge is 0.191 e. The van der Waals surface area contributed by atoms with Gasteiger partial charge in [-0.25, -0.2) is 0 Å². The summed E-state index contributed by atoms with van der Waals surface area (Å²) in [6.07, 6.45) is 2.33. The SMILES string of the molecule is CN=C(NCCN(C(C)C)C(C)C)NC1CCN(Cc2ccccc2)CC1. The van der Waals surface area contributed by atoms with Gasteiger partial charge < -0.3 is 10.6 Å². The standard InChI is InChI=1S/C22H39N5/c1-18(2)27(19(3)4)16-13-24-22(23-5)25-21-11-14-26(15-12-21)17-20-9-7-6-8-10-20/h6-10,18-19,21H,11-17H2,1-5H3,(H2,23,24,25). The highest BCUT2D eigenvalue weighted by atomic mass is 15.2. The van der Waals surface area contributed by atoms with E-state index in [0.717, 1.165) is 51.5 Å². The molecule has 0 saturated carbocycles. The average Bonchev–Trinajstić information content (AvgIpc) is 2.65. The predicted molar refractivity (Wildman–Crippen MR) is 116 cm³/mol. The first-order valence-electron chi connectivity index (χ1n) is 10.5. The molecule has 1 aromatic carbocycles. The second kappa shape index (κ2) is 11.3. The molecule has 152 valence electrons. The molecule has 2 rings (SSSR count). The Kier molecular flexibility index (Phi) is 9.08. The van der Waals surface area contributed by atoms with E-state index in [1.54, 1.807) is 0 Å². The van der Waals surface area contributed by atoms with Gasteiger partial charge in [0, 0.05) is 57.9 Å². The minimum Gasteiger partial charge on any atom is -0.355 e. The maximum Gasteiger partial charge on any atom is 0.191 e. The van der Waals surface area contributed by atoms with Crippen LogP contribution in [0.3, 0.4) is 0 Å². The minimum atomic E-state index is 0.509. The Balaban J connectivity index is 1.70. The Morgan fingerprint density at radius 1 is 1.11 bits per heavy atom. The van der Waals surface area contributed by atoms with Gasteiger partial charge in [0.25, 0.3) is 0 Å². The van der Waals surface area contributed by atoms with Crippen LogP contribution in [-0.2, 0) is 6.54 Å². The molecule has 2 N–H and O–H groups in total. The van der Waals surface area contributed by atoms with Crippen molar-refractivity contribution in [2.24, 2.45) is 4.99 Å². The van der Waals surface area contributed by atoms with Crippen LogP contribution in [0.5, 0.6) is 0 Å². The Bertz CT molecular complexity index is 539. The topological polar surface area (TPSA) is 42.9 Å². The molecule has 1 aliphatic heterocycles. The molecule has 1 fully saturated rings. The molecule has 0 unspecified atom stereocenters. The fraction of sp³-hybridized carbons (Fsp3) is 0.682. The van der Waals surface area contributed by atoms with Gasteiger partial charge in [-0.1, -0.05) is 30.3 Å². The summed E-state index contributed by atoms with van der Waals surface area (Å²) in [5.41, 5.74) is 1.40. The van der Waals surface area contributed by atoms with E-state index in [-0.39, 0.29) is 0 Å². The number of likely N-dealkylation sites (tertiary alicyclic amines) is 1. The van der Waals surface area contributed by atoms with Gasteiger partial charge in [-0.15, -0.1) is 0 Å². The van der Waals surface area contributed by atoms with Crippen molar-refractivity contribution in [3.63, 3.8) is 0 Å². The largest absolute Gasteiger partial charge is 0.355 e. The molecule has 0 aromatic heterocycles. The van der Waals surface area contributed by atoms with Crippen LogP contribution >= 0.6 is 0 Å². The highest BCUT2D eigenvalue weighted by Crippen LogP contribution is 2.13. The van der Waals surface area contributed by atoms with E-state index >= 15 is 0 Å². The van der Waals surface area contributed by atoms with Crippen molar-refractivity contribution in [2.75, 3.05) is 33.2 Å². The second-order valence-corrected chi connectivity index (χ2v) is 8.10. The van der Waals surface area contributed by atoms with Gasteiger partial charge in [0.05, 0.1) is 0 Å². The third kappa shape index (κ3) is 7.51.